The molecule has 0 spiro atoms. The monoisotopic (exact) mass is 330 g/mol. The van der Waals surface area contributed by atoms with Crippen molar-refractivity contribution in [1.82, 2.24) is 19.9 Å². The van der Waals surface area contributed by atoms with Crippen molar-refractivity contribution in [2.75, 3.05) is 19.6 Å². The van der Waals surface area contributed by atoms with E-state index in [0.29, 0.717) is 37.8 Å². The van der Waals surface area contributed by atoms with Crippen molar-refractivity contribution >= 4 is 11.8 Å². The highest BCUT2D eigenvalue weighted by Gasteiger charge is 2.43. The van der Waals surface area contributed by atoms with Crippen LogP contribution < -0.4 is 0 Å². The number of allylic oxidation sites excluding steroid dienone is 1. The average Bonchev–Trinajstić information content (AvgIpc) is 3.20. The molecule has 0 radical (unpaired) electrons. The molecule has 24 heavy (non-hydrogen) atoms. The fourth-order valence-corrected chi connectivity index (χ4v) is 3.80. The smallest absolute Gasteiger partial charge is 0.246 e. The number of nitrogens with zero attached hydrogens (tertiary/aromatic N) is 4. The topological polar surface area (TPSA) is 79.5 Å². The molecule has 1 saturated carbocycles. The maximum absolute atomic E-state index is 12.3. The van der Waals surface area contributed by atoms with Gasteiger partial charge in [-0.1, -0.05) is 10.7 Å². The first-order valence-corrected chi connectivity index (χ1v) is 8.68. The van der Waals surface area contributed by atoms with E-state index in [1.807, 2.05) is 9.80 Å². The number of amides is 2. The summed E-state index contributed by atoms with van der Waals surface area (Å²) in [5.74, 6) is 1.32. The second-order valence-electron chi connectivity index (χ2n) is 7.03. The van der Waals surface area contributed by atoms with Crippen molar-refractivity contribution in [1.29, 1.82) is 0 Å². The van der Waals surface area contributed by atoms with Gasteiger partial charge in [-0.25, -0.2) is 0 Å². The Labute approximate surface area is 140 Å². The van der Waals surface area contributed by atoms with E-state index in [-0.39, 0.29) is 23.8 Å². The Balaban J connectivity index is 1.32. The van der Waals surface area contributed by atoms with E-state index >= 15 is 0 Å². The molecular formula is C17H22N4O3. The number of hydrogen-bond donors (Lipinski definition) is 0. The lowest BCUT2D eigenvalue weighted by molar-refractivity contribution is -0.141. The van der Waals surface area contributed by atoms with E-state index < -0.39 is 0 Å². The molecule has 128 valence electrons. The van der Waals surface area contributed by atoms with Gasteiger partial charge in [0.2, 0.25) is 17.7 Å². The molecule has 1 unspecified atom stereocenters. The Hall–Kier alpha value is -2.18. The van der Waals surface area contributed by atoms with E-state index in [0.717, 1.165) is 12.8 Å². The second-order valence-corrected chi connectivity index (χ2v) is 7.03. The Morgan fingerprint density at radius 3 is 2.67 bits per heavy atom. The molecule has 7 heteroatoms. The minimum absolute atomic E-state index is 0.0240. The van der Waals surface area contributed by atoms with E-state index in [1.165, 1.54) is 18.4 Å². The van der Waals surface area contributed by atoms with Gasteiger partial charge in [-0.05, 0) is 32.6 Å². The number of carbonyl (C=O) groups excluding carboxylic acids is 2. The van der Waals surface area contributed by atoms with Crippen LogP contribution in [0.15, 0.2) is 16.2 Å². The minimum atomic E-state index is -0.0240. The summed E-state index contributed by atoms with van der Waals surface area (Å²) in [5, 5.41) is 3.80. The number of hydrogen-bond acceptors (Lipinski definition) is 5. The third-order valence-corrected chi connectivity index (χ3v) is 5.24. The lowest BCUT2D eigenvalue weighted by Gasteiger charge is -2.43. The molecule has 2 saturated heterocycles. The Bertz CT molecular complexity index is 682. The lowest BCUT2D eigenvalue weighted by atomic mass is 10.1. The van der Waals surface area contributed by atoms with Gasteiger partial charge >= 0.3 is 0 Å². The van der Waals surface area contributed by atoms with E-state index in [2.05, 4.69) is 10.1 Å². The fourth-order valence-electron chi connectivity index (χ4n) is 3.80. The summed E-state index contributed by atoms with van der Waals surface area (Å²) in [7, 11) is 0. The van der Waals surface area contributed by atoms with Crippen LogP contribution in [0.2, 0.25) is 0 Å². The number of aromatic nitrogens is 2. The lowest BCUT2D eigenvalue weighted by Crippen LogP contribution is -2.61. The largest absolute Gasteiger partial charge is 0.339 e. The van der Waals surface area contributed by atoms with Gasteiger partial charge in [-0.2, -0.15) is 4.98 Å². The summed E-state index contributed by atoms with van der Waals surface area (Å²) in [4.78, 5) is 32.4. The zero-order valence-electron chi connectivity index (χ0n) is 13.9. The van der Waals surface area contributed by atoms with Crippen LogP contribution in [0.3, 0.4) is 0 Å². The molecule has 3 aliphatic rings. The molecular weight excluding hydrogens is 308 g/mol. The molecule has 0 aromatic carbocycles. The number of rotatable bonds is 3. The Morgan fingerprint density at radius 2 is 2.00 bits per heavy atom. The van der Waals surface area contributed by atoms with Crippen LogP contribution in [-0.4, -0.2) is 57.4 Å². The average molecular weight is 330 g/mol. The molecule has 1 atom stereocenters. The summed E-state index contributed by atoms with van der Waals surface area (Å²) in [6.07, 6.45) is 6.72. The van der Waals surface area contributed by atoms with Crippen LogP contribution in [-0.2, 0) is 9.59 Å². The van der Waals surface area contributed by atoms with Crippen LogP contribution in [0.1, 0.15) is 49.7 Å². The van der Waals surface area contributed by atoms with Crippen molar-refractivity contribution in [2.24, 2.45) is 0 Å². The molecule has 7 nitrogen and oxygen atoms in total. The predicted molar refractivity (Wildman–Crippen MR) is 85.0 cm³/mol. The number of aryl methyl sites for hydroxylation is 1. The van der Waals surface area contributed by atoms with E-state index in [1.54, 1.807) is 13.0 Å². The summed E-state index contributed by atoms with van der Waals surface area (Å²) < 4.78 is 5.20. The summed E-state index contributed by atoms with van der Waals surface area (Å²) in [6.45, 7) is 3.64. The van der Waals surface area contributed by atoms with Gasteiger partial charge in [0, 0.05) is 32.1 Å². The Morgan fingerprint density at radius 1 is 1.25 bits per heavy atom. The van der Waals surface area contributed by atoms with Gasteiger partial charge in [-0.15, -0.1) is 0 Å². The van der Waals surface area contributed by atoms with Gasteiger partial charge < -0.3 is 14.3 Å². The summed E-state index contributed by atoms with van der Waals surface area (Å²) in [6, 6.07) is 0.123. The predicted octanol–water partition coefficient (Wildman–Crippen LogP) is 1.41. The van der Waals surface area contributed by atoms with Crippen molar-refractivity contribution < 1.29 is 14.1 Å². The first-order chi connectivity index (χ1) is 11.6. The molecule has 0 N–H and O–H groups in total. The number of likely N-dealkylation sites (tertiary alicyclic amines) is 2. The first kappa shape index (κ1) is 15.4. The zero-order valence-corrected chi connectivity index (χ0v) is 13.9. The molecule has 2 aliphatic heterocycles. The van der Waals surface area contributed by atoms with Gasteiger partial charge in [0.15, 0.2) is 5.82 Å². The molecule has 3 fully saturated rings. The third-order valence-electron chi connectivity index (χ3n) is 5.24. The highest BCUT2D eigenvalue weighted by atomic mass is 16.5. The quantitative estimate of drug-likeness (QED) is 0.783. The second kappa shape index (κ2) is 6.03. The van der Waals surface area contributed by atoms with Crippen LogP contribution in [0.4, 0.5) is 0 Å². The fraction of sp³-hybridized carbons (Fsp3) is 0.647. The van der Waals surface area contributed by atoms with Gasteiger partial charge in [0.25, 0.3) is 0 Å². The highest BCUT2D eigenvalue weighted by Crippen LogP contribution is 2.31. The SMILES string of the molecule is Cc1noc(C2CC(=O)N(C3CN(C(=O)C=C4CCCC4)C3)C2)n1. The molecule has 4 rings (SSSR count). The first-order valence-electron chi connectivity index (χ1n) is 8.68. The van der Waals surface area contributed by atoms with Gasteiger partial charge in [0.05, 0.1) is 12.0 Å². The van der Waals surface area contributed by atoms with Crippen LogP contribution >= 0.6 is 0 Å². The molecule has 3 heterocycles. The van der Waals surface area contributed by atoms with Gasteiger partial charge in [0.1, 0.15) is 0 Å². The van der Waals surface area contributed by atoms with Gasteiger partial charge in [-0.3, -0.25) is 9.59 Å². The molecule has 1 aromatic rings. The molecule has 2 amide bonds. The van der Waals surface area contributed by atoms with Crippen molar-refractivity contribution in [2.45, 2.75) is 51.0 Å². The van der Waals surface area contributed by atoms with Crippen molar-refractivity contribution in [3.05, 3.63) is 23.4 Å². The maximum atomic E-state index is 12.3. The molecule has 0 bridgehead atoms. The summed E-state index contributed by atoms with van der Waals surface area (Å²) >= 11 is 0. The zero-order chi connectivity index (χ0) is 16.7. The third kappa shape index (κ3) is 2.83. The van der Waals surface area contributed by atoms with Crippen LogP contribution in [0.5, 0.6) is 0 Å². The summed E-state index contributed by atoms with van der Waals surface area (Å²) in [5.41, 5.74) is 1.27. The number of carbonyl (C=O) groups is 2. The minimum Gasteiger partial charge on any atom is -0.339 e. The Kier molecular flexibility index (Phi) is 3.86. The van der Waals surface area contributed by atoms with Crippen LogP contribution in [0, 0.1) is 6.92 Å². The highest BCUT2D eigenvalue weighted by molar-refractivity contribution is 5.89. The maximum Gasteiger partial charge on any atom is 0.246 e. The van der Waals surface area contributed by atoms with E-state index in [4.69, 9.17) is 4.52 Å². The van der Waals surface area contributed by atoms with Crippen molar-refractivity contribution in [3.8, 4) is 0 Å². The molecule has 1 aliphatic carbocycles. The van der Waals surface area contributed by atoms with Crippen LogP contribution in [0.25, 0.3) is 0 Å². The van der Waals surface area contributed by atoms with E-state index in [9.17, 15) is 9.59 Å². The standard InChI is InChI=1S/C17H22N4O3/c1-11-18-17(24-19-11)13-7-16(23)21(8-13)14-9-20(10-14)15(22)6-12-4-2-3-5-12/h6,13-14H,2-5,7-10H2,1H3. The van der Waals surface area contributed by atoms with Crippen molar-refractivity contribution in [3.63, 3.8) is 0 Å². The molecule has 1 aromatic heterocycles. The normalized spacial score (nSPS) is 24.6.